The number of hydrogen-bond donors (Lipinski definition) is 1. The third kappa shape index (κ3) is 3.40. The molecule has 0 saturated carbocycles. The van der Waals surface area contributed by atoms with Crippen LogP contribution in [-0.2, 0) is 9.84 Å². The third-order valence-corrected chi connectivity index (χ3v) is 6.59. The molecule has 1 aromatic rings. The molecule has 1 saturated heterocycles. The normalized spacial score (nSPS) is 19.9. The Hall–Kier alpha value is -0.480. The second-order valence-electron chi connectivity index (χ2n) is 4.52. The zero-order valence-electron chi connectivity index (χ0n) is 10.7. The number of nitrogens with zero attached hydrogens (tertiary/aromatic N) is 1. The van der Waals surface area contributed by atoms with E-state index >= 15 is 0 Å². The van der Waals surface area contributed by atoms with Crippen LogP contribution in [0.25, 0.3) is 0 Å². The maximum absolute atomic E-state index is 12.5. The lowest BCUT2D eigenvalue weighted by atomic mass is 10.2. The van der Waals surface area contributed by atoms with Crippen LogP contribution in [0.15, 0.2) is 18.2 Å². The lowest BCUT2D eigenvalue weighted by Crippen LogP contribution is -2.49. The Morgan fingerprint density at radius 3 is 2.80 bits per heavy atom. The summed E-state index contributed by atoms with van der Waals surface area (Å²) in [4.78, 5) is 13.8. The fourth-order valence-corrected chi connectivity index (χ4v) is 5.13. The van der Waals surface area contributed by atoms with Crippen molar-refractivity contribution >= 4 is 50.1 Å². The second kappa shape index (κ2) is 6.10. The molecule has 0 aromatic heterocycles. The molecule has 1 unspecified atom stereocenters. The van der Waals surface area contributed by atoms with Gasteiger partial charge in [-0.1, -0.05) is 0 Å². The summed E-state index contributed by atoms with van der Waals surface area (Å²) < 4.78 is 24.2. The molecule has 110 valence electrons. The number of benzene rings is 1. The molecule has 1 aliphatic heterocycles. The Morgan fingerprint density at radius 1 is 1.50 bits per heavy atom. The van der Waals surface area contributed by atoms with E-state index < -0.39 is 15.2 Å². The van der Waals surface area contributed by atoms with Crippen molar-refractivity contribution in [3.8, 4) is 5.75 Å². The first-order valence-corrected chi connectivity index (χ1v) is 10.1. The average molecular weight is 427 g/mol. The van der Waals surface area contributed by atoms with Gasteiger partial charge in [-0.2, -0.15) is 11.8 Å². The van der Waals surface area contributed by atoms with Crippen LogP contribution in [0, 0.1) is 3.57 Å². The van der Waals surface area contributed by atoms with Crippen LogP contribution >= 0.6 is 34.4 Å². The fraction of sp³-hybridized carbons (Fsp3) is 0.417. The van der Waals surface area contributed by atoms with E-state index in [1.54, 1.807) is 12.1 Å². The smallest absolute Gasteiger partial charge is 0.255 e. The highest BCUT2D eigenvalue weighted by Gasteiger charge is 2.34. The topological polar surface area (TPSA) is 74.7 Å². The maximum atomic E-state index is 12.5. The number of aromatic hydroxyl groups is 1. The minimum atomic E-state index is -3.33. The standard InChI is InChI=1S/C12H14INO4S2/c1-20(17,18)11-7-19-5-4-14(11)12(16)8-2-3-9(13)10(15)6-8/h2-3,6,11,15H,4-5,7H2,1H3. The van der Waals surface area contributed by atoms with Crippen LogP contribution in [0.1, 0.15) is 10.4 Å². The van der Waals surface area contributed by atoms with Crippen LogP contribution < -0.4 is 0 Å². The summed E-state index contributed by atoms with van der Waals surface area (Å²) in [5, 5.41) is 8.88. The Kier molecular flexibility index (Phi) is 4.85. The van der Waals surface area contributed by atoms with Gasteiger partial charge in [0, 0.05) is 29.9 Å². The minimum Gasteiger partial charge on any atom is -0.507 e. The highest BCUT2D eigenvalue weighted by Crippen LogP contribution is 2.25. The molecule has 0 spiro atoms. The maximum Gasteiger partial charge on any atom is 0.255 e. The van der Waals surface area contributed by atoms with Gasteiger partial charge >= 0.3 is 0 Å². The molecule has 2 rings (SSSR count). The number of phenols is 1. The monoisotopic (exact) mass is 427 g/mol. The van der Waals surface area contributed by atoms with Crippen molar-refractivity contribution < 1.29 is 18.3 Å². The molecule has 1 fully saturated rings. The molecule has 0 radical (unpaired) electrons. The molecular weight excluding hydrogens is 413 g/mol. The number of phenolic OH excluding ortho intramolecular Hbond substituents is 1. The number of amides is 1. The van der Waals surface area contributed by atoms with E-state index in [1.807, 2.05) is 22.6 Å². The van der Waals surface area contributed by atoms with Crippen LogP contribution in [0.4, 0.5) is 0 Å². The molecular formula is C12H14INO4S2. The van der Waals surface area contributed by atoms with Gasteiger partial charge in [0.25, 0.3) is 5.91 Å². The van der Waals surface area contributed by atoms with Crippen molar-refractivity contribution in [3.63, 3.8) is 0 Å². The largest absolute Gasteiger partial charge is 0.507 e. The lowest BCUT2D eigenvalue weighted by Gasteiger charge is -2.34. The van der Waals surface area contributed by atoms with E-state index in [0.29, 0.717) is 27.2 Å². The highest BCUT2D eigenvalue weighted by molar-refractivity contribution is 14.1. The molecule has 1 N–H and O–H groups in total. The molecule has 0 bridgehead atoms. The lowest BCUT2D eigenvalue weighted by molar-refractivity contribution is 0.0749. The van der Waals surface area contributed by atoms with E-state index in [4.69, 9.17) is 0 Å². The quantitative estimate of drug-likeness (QED) is 0.726. The van der Waals surface area contributed by atoms with Crippen molar-refractivity contribution in [2.24, 2.45) is 0 Å². The number of sulfone groups is 1. The third-order valence-electron chi connectivity index (χ3n) is 3.03. The summed E-state index contributed by atoms with van der Waals surface area (Å²) in [6.45, 7) is 0.397. The Labute approximate surface area is 135 Å². The molecule has 1 aliphatic rings. The molecule has 0 aliphatic carbocycles. The van der Waals surface area contributed by atoms with E-state index in [1.165, 1.54) is 22.7 Å². The second-order valence-corrected chi connectivity index (χ2v) is 9.04. The summed E-state index contributed by atoms with van der Waals surface area (Å²) in [7, 11) is -3.33. The van der Waals surface area contributed by atoms with E-state index in [0.717, 1.165) is 6.26 Å². The predicted molar refractivity (Wildman–Crippen MR) is 87.8 cm³/mol. The van der Waals surface area contributed by atoms with Gasteiger partial charge in [-0.15, -0.1) is 0 Å². The first kappa shape index (κ1) is 15.9. The van der Waals surface area contributed by atoms with E-state index in [2.05, 4.69) is 0 Å². The summed E-state index contributed by atoms with van der Waals surface area (Å²) >= 11 is 3.49. The Balaban J connectivity index is 2.32. The van der Waals surface area contributed by atoms with Gasteiger partial charge in [-0.05, 0) is 40.8 Å². The minimum absolute atomic E-state index is 0.0266. The van der Waals surface area contributed by atoms with Crippen molar-refractivity contribution in [1.29, 1.82) is 0 Å². The van der Waals surface area contributed by atoms with Crippen molar-refractivity contribution in [2.75, 3.05) is 24.3 Å². The molecule has 20 heavy (non-hydrogen) atoms. The fourth-order valence-electron chi connectivity index (χ4n) is 1.98. The van der Waals surface area contributed by atoms with E-state index in [-0.39, 0.29) is 11.7 Å². The summed E-state index contributed by atoms with van der Waals surface area (Å²) in [5.41, 5.74) is 0.309. The van der Waals surface area contributed by atoms with Crippen LogP contribution in [0.5, 0.6) is 5.75 Å². The van der Waals surface area contributed by atoms with Crippen molar-refractivity contribution in [1.82, 2.24) is 4.90 Å². The molecule has 1 amide bonds. The molecule has 1 atom stereocenters. The predicted octanol–water partition coefficient (Wildman–Crippen LogP) is 1.56. The Bertz CT molecular complexity index is 632. The summed E-state index contributed by atoms with van der Waals surface area (Å²) in [6, 6.07) is 4.62. The number of hydrogen-bond acceptors (Lipinski definition) is 5. The number of thioether (sulfide) groups is 1. The number of carbonyl (C=O) groups excluding carboxylic acids is 1. The average Bonchev–Trinajstić information content (AvgIpc) is 2.40. The van der Waals surface area contributed by atoms with Gasteiger partial charge in [-0.25, -0.2) is 8.42 Å². The van der Waals surface area contributed by atoms with Gasteiger partial charge in [-0.3, -0.25) is 4.79 Å². The molecule has 1 heterocycles. The molecule has 8 heteroatoms. The molecule has 1 aromatic carbocycles. The van der Waals surface area contributed by atoms with Gasteiger partial charge in [0.1, 0.15) is 11.1 Å². The number of carbonyl (C=O) groups is 1. The molecule has 5 nitrogen and oxygen atoms in total. The van der Waals surface area contributed by atoms with Crippen LogP contribution in [0.3, 0.4) is 0 Å². The Morgan fingerprint density at radius 2 is 2.20 bits per heavy atom. The first-order chi connectivity index (χ1) is 9.30. The highest BCUT2D eigenvalue weighted by atomic mass is 127. The van der Waals surface area contributed by atoms with Gasteiger partial charge in [0.15, 0.2) is 9.84 Å². The zero-order chi connectivity index (χ0) is 14.9. The first-order valence-electron chi connectivity index (χ1n) is 5.87. The number of rotatable bonds is 2. The zero-order valence-corrected chi connectivity index (χ0v) is 14.5. The van der Waals surface area contributed by atoms with Crippen LogP contribution in [0.2, 0.25) is 0 Å². The van der Waals surface area contributed by atoms with Crippen LogP contribution in [-0.4, -0.2) is 54.0 Å². The summed E-state index contributed by atoms with van der Waals surface area (Å²) in [6.07, 6.45) is 1.15. The van der Waals surface area contributed by atoms with Gasteiger partial charge in [0.2, 0.25) is 0 Å². The summed E-state index contributed by atoms with van der Waals surface area (Å²) in [5.74, 6) is 0.779. The van der Waals surface area contributed by atoms with Crippen molar-refractivity contribution in [2.45, 2.75) is 5.37 Å². The number of halogens is 1. The SMILES string of the molecule is CS(=O)(=O)C1CSCCN1C(=O)c1ccc(I)c(O)c1. The van der Waals surface area contributed by atoms with Gasteiger partial charge < -0.3 is 10.0 Å². The van der Waals surface area contributed by atoms with Crippen molar-refractivity contribution in [3.05, 3.63) is 27.3 Å². The van der Waals surface area contributed by atoms with E-state index in [9.17, 15) is 18.3 Å². The van der Waals surface area contributed by atoms with Gasteiger partial charge in [0.05, 0.1) is 3.57 Å².